The number of rotatable bonds is 1. The Morgan fingerprint density at radius 2 is 1.75 bits per heavy atom. The van der Waals surface area contributed by atoms with Crippen LogP contribution >= 0.6 is 11.6 Å². The summed E-state index contributed by atoms with van der Waals surface area (Å²) in [6.45, 7) is 0. The zero-order valence-electron chi connectivity index (χ0n) is 10.6. The average molecular weight is 279 g/mol. The van der Waals surface area contributed by atoms with E-state index in [1.165, 1.54) is 5.39 Å². The summed E-state index contributed by atoms with van der Waals surface area (Å²) in [6.07, 6.45) is 1.95. The second-order valence-electron chi connectivity index (χ2n) is 4.81. The van der Waals surface area contributed by atoms with E-state index in [0.717, 1.165) is 32.7 Å². The van der Waals surface area contributed by atoms with E-state index in [2.05, 4.69) is 35.3 Å². The number of hydrogen-bond donors (Lipinski definition) is 1. The van der Waals surface area contributed by atoms with Crippen LogP contribution in [0.1, 0.15) is 0 Å². The first-order chi connectivity index (χ1) is 9.79. The maximum Gasteiger partial charge on any atom is 0.0710 e. The van der Waals surface area contributed by atoms with Crippen LogP contribution in [-0.2, 0) is 0 Å². The summed E-state index contributed by atoms with van der Waals surface area (Å²) in [4.78, 5) is 7.93. The third-order valence-electron chi connectivity index (χ3n) is 3.50. The molecule has 2 heterocycles. The molecular formula is C17H11ClN2. The SMILES string of the molecule is Clc1ccc2nc(-c3ccc4cc[nH]c4c3)ccc2c1. The van der Waals surface area contributed by atoms with Crippen molar-refractivity contribution in [3.8, 4) is 11.3 Å². The molecule has 2 nitrogen and oxygen atoms in total. The van der Waals surface area contributed by atoms with Crippen molar-refractivity contribution in [1.82, 2.24) is 9.97 Å². The molecule has 0 aliphatic rings. The molecule has 2 aromatic heterocycles. The minimum absolute atomic E-state index is 0.736. The second-order valence-corrected chi connectivity index (χ2v) is 5.25. The Labute approximate surface area is 121 Å². The molecular weight excluding hydrogens is 268 g/mol. The predicted octanol–water partition coefficient (Wildman–Crippen LogP) is 5.04. The van der Waals surface area contributed by atoms with E-state index in [1.807, 2.05) is 30.5 Å². The van der Waals surface area contributed by atoms with Crippen molar-refractivity contribution in [1.29, 1.82) is 0 Å². The van der Waals surface area contributed by atoms with Crippen molar-refractivity contribution in [3.05, 3.63) is 65.8 Å². The van der Waals surface area contributed by atoms with Gasteiger partial charge in [-0.15, -0.1) is 0 Å². The van der Waals surface area contributed by atoms with E-state index in [4.69, 9.17) is 16.6 Å². The fraction of sp³-hybridized carbons (Fsp3) is 0. The Kier molecular flexibility index (Phi) is 2.51. The fourth-order valence-electron chi connectivity index (χ4n) is 2.46. The van der Waals surface area contributed by atoms with Gasteiger partial charge in [-0.25, -0.2) is 4.98 Å². The largest absolute Gasteiger partial charge is 0.361 e. The van der Waals surface area contributed by atoms with Gasteiger partial charge < -0.3 is 4.98 Å². The number of H-pyrrole nitrogens is 1. The Balaban J connectivity index is 1.90. The first-order valence-corrected chi connectivity index (χ1v) is 6.81. The van der Waals surface area contributed by atoms with E-state index in [-0.39, 0.29) is 0 Å². The first-order valence-electron chi connectivity index (χ1n) is 6.43. The lowest BCUT2D eigenvalue weighted by Gasteiger charge is -2.04. The van der Waals surface area contributed by atoms with E-state index >= 15 is 0 Å². The molecule has 96 valence electrons. The highest BCUT2D eigenvalue weighted by molar-refractivity contribution is 6.31. The normalized spacial score (nSPS) is 11.2. The Morgan fingerprint density at radius 1 is 0.850 bits per heavy atom. The third kappa shape index (κ3) is 1.86. The van der Waals surface area contributed by atoms with Gasteiger partial charge in [0.2, 0.25) is 0 Å². The molecule has 1 N–H and O–H groups in total. The number of benzene rings is 2. The lowest BCUT2D eigenvalue weighted by molar-refractivity contribution is 1.40. The number of halogens is 1. The van der Waals surface area contributed by atoms with Crippen LogP contribution in [0.15, 0.2) is 60.8 Å². The minimum atomic E-state index is 0.736. The van der Waals surface area contributed by atoms with Crippen molar-refractivity contribution in [2.75, 3.05) is 0 Å². The highest BCUT2D eigenvalue weighted by atomic mass is 35.5. The third-order valence-corrected chi connectivity index (χ3v) is 3.74. The molecule has 0 aliphatic heterocycles. The van der Waals surface area contributed by atoms with Gasteiger partial charge in [0.1, 0.15) is 0 Å². The predicted molar refractivity (Wildman–Crippen MR) is 84.0 cm³/mol. The van der Waals surface area contributed by atoms with Crippen molar-refractivity contribution >= 4 is 33.4 Å². The number of nitrogens with zero attached hydrogens (tertiary/aromatic N) is 1. The van der Waals surface area contributed by atoms with Gasteiger partial charge in [0.25, 0.3) is 0 Å². The molecule has 0 atom stereocenters. The molecule has 4 aromatic rings. The molecule has 3 heteroatoms. The summed E-state index contributed by atoms with van der Waals surface area (Å²) in [5, 5.41) is 3.00. The molecule has 2 aromatic carbocycles. The maximum absolute atomic E-state index is 6.00. The van der Waals surface area contributed by atoms with Crippen LogP contribution in [0, 0.1) is 0 Å². The number of nitrogens with one attached hydrogen (secondary N) is 1. The Hall–Kier alpha value is -2.32. The Bertz CT molecular complexity index is 924. The van der Waals surface area contributed by atoms with Gasteiger partial charge in [-0.3, -0.25) is 0 Å². The van der Waals surface area contributed by atoms with Gasteiger partial charge in [0, 0.05) is 27.7 Å². The molecule has 0 spiro atoms. The molecule has 0 radical (unpaired) electrons. The van der Waals surface area contributed by atoms with Gasteiger partial charge in [-0.05, 0) is 41.8 Å². The summed E-state index contributed by atoms with van der Waals surface area (Å²) < 4.78 is 0. The van der Waals surface area contributed by atoms with Crippen LogP contribution in [0.5, 0.6) is 0 Å². The van der Waals surface area contributed by atoms with Crippen LogP contribution < -0.4 is 0 Å². The standard InChI is InChI=1S/C17H11ClN2/c18-14-4-6-16-12(9-14)3-5-15(20-16)13-2-1-11-7-8-19-17(11)10-13/h1-10,19H. The van der Waals surface area contributed by atoms with Gasteiger partial charge in [-0.1, -0.05) is 29.8 Å². The van der Waals surface area contributed by atoms with E-state index in [0.29, 0.717) is 0 Å². The second kappa shape index (κ2) is 4.36. The summed E-state index contributed by atoms with van der Waals surface area (Å²) in [7, 11) is 0. The van der Waals surface area contributed by atoms with Gasteiger partial charge >= 0.3 is 0 Å². The summed E-state index contributed by atoms with van der Waals surface area (Å²) in [6, 6.07) is 18.2. The molecule has 0 saturated carbocycles. The molecule has 0 saturated heterocycles. The molecule has 0 fully saturated rings. The van der Waals surface area contributed by atoms with Crippen molar-refractivity contribution < 1.29 is 0 Å². The summed E-state index contributed by atoms with van der Waals surface area (Å²) in [5.74, 6) is 0. The fourth-order valence-corrected chi connectivity index (χ4v) is 2.64. The van der Waals surface area contributed by atoms with E-state index in [1.54, 1.807) is 0 Å². The van der Waals surface area contributed by atoms with Crippen LogP contribution in [0.4, 0.5) is 0 Å². The Morgan fingerprint density at radius 3 is 2.70 bits per heavy atom. The molecule has 0 amide bonds. The lowest BCUT2D eigenvalue weighted by Crippen LogP contribution is -1.85. The average Bonchev–Trinajstić information content (AvgIpc) is 2.94. The minimum Gasteiger partial charge on any atom is -0.361 e. The lowest BCUT2D eigenvalue weighted by atomic mass is 10.1. The van der Waals surface area contributed by atoms with Crippen molar-refractivity contribution in [2.24, 2.45) is 0 Å². The number of fused-ring (bicyclic) bond motifs is 2. The van der Waals surface area contributed by atoms with E-state index in [9.17, 15) is 0 Å². The first kappa shape index (κ1) is 11.5. The smallest absolute Gasteiger partial charge is 0.0710 e. The van der Waals surface area contributed by atoms with Crippen LogP contribution in [0.25, 0.3) is 33.1 Å². The van der Waals surface area contributed by atoms with Crippen molar-refractivity contribution in [3.63, 3.8) is 0 Å². The summed E-state index contributed by atoms with van der Waals surface area (Å²) >= 11 is 6.00. The molecule has 4 rings (SSSR count). The van der Waals surface area contributed by atoms with Crippen LogP contribution in [0.3, 0.4) is 0 Å². The quantitative estimate of drug-likeness (QED) is 0.519. The van der Waals surface area contributed by atoms with E-state index < -0.39 is 0 Å². The van der Waals surface area contributed by atoms with Gasteiger partial charge in [0.15, 0.2) is 0 Å². The molecule has 20 heavy (non-hydrogen) atoms. The number of aromatic nitrogens is 2. The molecule has 0 unspecified atom stereocenters. The molecule has 0 bridgehead atoms. The van der Waals surface area contributed by atoms with Gasteiger partial charge in [0.05, 0.1) is 11.2 Å². The van der Waals surface area contributed by atoms with Crippen LogP contribution in [0.2, 0.25) is 5.02 Å². The monoisotopic (exact) mass is 278 g/mol. The number of aromatic amines is 1. The zero-order chi connectivity index (χ0) is 13.5. The highest BCUT2D eigenvalue weighted by Gasteiger charge is 2.04. The maximum atomic E-state index is 6.00. The topological polar surface area (TPSA) is 28.7 Å². The summed E-state index contributed by atoms with van der Waals surface area (Å²) in [5.41, 5.74) is 4.16. The van der Waals surface area contributed by atoms with Crippen LogP contribution in [-0.4, -0.2) is 9.97 Å². The van der Waals surface area contributed by atoms with Crippen molar-refractivity contribution in [2.45, 2.75) is 0 Å². The molecule has 0 aliphatic carbocycles. The zero-order valence-corrected chi connectivity index (χ0v) is 11.4. The number of pyridine rings is 1. The number of hydrogen-bond acceptors (Lipinski definition) is 1. The van der Waals surface area contributed by atoms with Gasteiger partial charge in [-0.2, -0.15) is 0 Å². The highest BCUT2D eigenvalue weighted by Crippen LogP contribution is 2.25.